The van der Waals surface area contributed by atoms with E-state index in [2.05, 4.69) is 9.71 Å². The number of aliphatic hydroxyl groups is 1. The molecule has 0 bridgehead atoms. The number of nitrogens with one attached hydrogen (secondary N) is 2. The van der Waals surface area contributed by atoms with Gasteiger partial charge in [-0.05, 0) is 24.6 Å². The number of hydrogen-bond acceptors (Lipinski definition) is 4. The largest absolute Gasteiger partial charge is 0.399 e. The minimum Gasteiger partial charge on any atom is -0.399 e. The van der Waals surface area contributed by atoms with Crippen LogP contribution in [0.25, 0.3) is 10.9 Å². The maximum Gasteiger partial charge on any atom is 0.242 e. The van der Waals surface area contributed by atoms with Crippen LogP contribution in [0.1, 0.15) is 20.3 Å². The van der Waals surface area contributed by atoms with Gasteiger partial charge in [0.15, 0.2) is 0 Å². The van der Waals surface area contributed by atoms with Crippen LogP contribution >= 0.6 is 0 Å². The summed E-state index contributed by atoms with van der Waals surface area (Å²) >= 11 is 0. The van der Waals surface area contributed by atoms with Crippen molar-refractivity contribution in [2.24, 2.45) is 5.41 Å². The minimum atomic E-state index is -3.64. The second-order valence-electron chi connectivity index (χ2n) is 6.20. The molecule has 0 radical (unpaired) electrons. The normalized spacial score (nSPS) is 24.9. The number of nitrogen functional groups attached to an aromatic ring is 1. The molecule has 1 fully saturated rings. The third-order valence-electron chi connectivity index (χ3n) is 4.47. The van der Waals surface area contributed by atoms with Crippen LogP contribution in [0.3, 0.4) is 0 Å². The molecule has 0 saturated heterocycles. The molecule has 1 aliphatic carbocycles. The maximum atomic E-state index is 12.5. The van der Waals surface area contributed by atoms with Gasteiger partial charge in [-0.1, -0.05) is 13.8 Å². The lowest BCUT2D eigenvalue weighted by Gasteiger charge is -2.49. The first-order valence-corrected chi connectivity index (χ1v) is 8.27. The van der Waals surface area contributed by atoms with Gasteiger partial charge in [0, 0.05) is 34.2 Å². The van der Waals surface area contributed by atoms with Gasteiger partial charge in [0.1, 0.15) is 4.90 Å². The van der Waals surface area contributed by atoms with E-state index in [0.29, 0.717) is 23.0 Å². The van der Waals surface area contributed by atoms with Crippen molar-refractivity contribution < 1.29 is 13.5 Å². The second-order valence-corrected chi connectivity index (χ2v) is 7.89. The molecule has 2 unspecified atom stereocenters. The van der Waals surface area contributed by atoms with Gasteiger partial charge in [0.2, 0.25) is 10.0 Å². The lowest BCUT2D eigenvalue weighted by Crippen LogP contribution is -2.61. The lowest BCUT2D eigenvalue weighted by atomic mass is 9.65. The predicted octanol–water partition coefficient (Wildman–Crippen LogP) is 1.19. The molecule has 5 N–H and O–H groups in total. The van der Waals surface area contributed by atoms with Crippen molar-refractivity contribution in [3.8, 4) is 0 Å². The Morgan fingerprint density at radius 1 is 1.43 bits per heavy atom. The fourth-order valence-corrected chi connectivity index (χ4v) is 4.28. The first kappa shape index (κ1) is 14.4. The zero-order valence-electron chi connectivity index (χ0n) is 11.9. The molecule has 1 aromatic carbocycles. The van der Waals surface area contributed by atoms with Gasteiger partial charge >= 0.3 is 0 Å². The van der Waals surface area contributed by atoms with Crippen molar-refractivity contribution in [3.05, 3.63) is 24.4 Å². The number of benzene rings is 1. The molecule has 21 heavy (non-hydrogen) atoms. The van der Waals surface area contributed by atoms with Crippen molar-refractivity contribution in [3.63, 3.8) is 0 Å². The molecule has 1 aromatic heterocycles. The lowest BCUT2D eigenvalue weighted by molar-refractivity contribution is -0.0645. The standard InChI is InChI=1S/C14H19N3O3S/c1-14(2)12(6-13(14)18)17-21(19,20)11-7-16-10-5-8(15)3-4-9(10)11/h3-5,7,12-13,16-18H,6,15H2,1-2H3. The Labute approximate surface area is 123 Å². The third kappa shape index (κ3) is 2.21. The number of aromatic amines is 1. The van der Waals surface area contributed by atoms with Crippen molar-refractivity contribution in [1.82, 2.24) is 9.71 Å². The topological polar surface area (TPSA) is 108 Å². The Balaban J connectivity index is 1.94. The van der Waals surface area contributed by atoms with Gasteiger partial charge in [0.25, 0.3) is 0 Å². The number of sulfonamides is 1. The molecule has 1 aliphatic rings. The summed E-state index contributed by atoms with van der Waals surface area (Å²) in [5.41, 5.74) is 6.49. The highest BCUT2D eigenvalue weighted by molar-refractivity contribution is 7.89. The molecule has 3 rings (SSSR count). The number of aliphatic hydroxyl groups excluding tert-OH is 1. The van der Waals surface area contributed by atoms with Crippen LogP contribution in [-0.4, -0.2) is 30.7 Å². The van der Waals surface area contributed by atoms with Crippen molar-refractivity contribution >= 4 is 26.6 Å². The average molecular weight is 309 g/mol. The molecule has 1 heterocycles. The number of anilines is 1. The van der Waals surface area contributed by atoms with E-state index >= 15 is 0 Å². The summed E-state index contributed by atoms with van der Waals surface area (Å²) in [5.74, 6) is 0. The van der Waals surface area contributed by atoms with E-state index in [-0.39, 0.29) is 10.9 Å². The summed E-state index contributed by atoms with van der Waals surface area (Å²) in [5, 5.41) is 10.3. The SMILES string of the molecule is CC1(C)C(O)CC1NS(=O)(=O)c1c[nH]c2cc(N)ccc12. The van der Waals surface area contributed by atoms with Gasteiger partial charge < -0.3 is 15.8 Å². The number of rotatable bonds is 3. The minimum absolute atomic E-state index is 0.203. The number of H-pyrrole nitrogens is 1. The summed E-state index contributed by atoms with van der Waals surface area (Å²) in [6.07, 6.45) is 1.42. The number of aromatic nitrogens is 1. The van der Waals surface area contributed by atoms with Crippen LogP contribution in [-0.2, 0) is 10.0 Å². The zero-order chi connectivity index (χ0) is 15.4. The van der Waals surface area contributed by atoms with Gasteiger partial charge in [-0.2, -0.15) is 0 Å². The molecule has 2 atom stereocenters. The van der Waals surface area contributed by atoms with Crippen LogP contribution < -0.4 is 10.5 Å². The molecule has 6 nitrogen and oxygen atoms in total. The highest BCUT2D eigenvalue weighted by Crippen LogP contribution is 2.41. The second kappa shape index (κ2) is 4.46. The van der Waals surface area contributed by atoms with E-state index in [0.717, 1.165) is 0 Å². The summed E-state index contributed by atoms with van der Waals surface area (Å²) in [7, 11) is -3.64. The van der Waals surface area contributed by atoms with Crippen LogP contribution in [0.5, 0.6) is 0 Å². The predicted molar refractivity (Wildman–Crippen MR) is 81.2 cm³/mol. The third-order valence-corrected chi connectivity index (χ3v) is 5.98. The van der Waals surface area contributed by atoms with Crippen molar-refractivity contribution in [2.75, 3.05) is 5.73 Å². The van der Waals surface area contributed by atoms with E-state index in [4.69, 9.17) is 5.73 Å². The van der Waals surface area contributed by atoms with Crippen molar-refractivity contribution in [1.29, 1.82) is 0 Å². The molecular formula is C14H19N3O3S. The summed E-state index contributed by atoms with van der Waals surface area (Å²) < 4.78 is 27.8. The number of nitrogens with two attached hydrogens (primary N) is 1. The Morgan fingerprint density at radius 3 is 2.76 bits per heavy atom. The van der Waals surface area contributed by atoms with E-state index in [1.165, 1.54) is 6.20 Å². The first-order chi connectivity index (χ1) is 9.72. The Hall–Kier alpha value is -1.57. The summed E-state index contributed by atoms with van der Waals surface area (Å²) in [6.45, 7) is 3.70. The fraction of sp³-hybridized carbons (Fsp3) is 0.429. The smallest absolute Gasteiger partial charge is 0.242 e. The van der Waals surface area contributed by atoms with Gasteiger partial charge in [0.05, 0.1) is 6.10 Å². The highest BCUT2D eigenvalue weighted by atomic mass is 32.2. The average Bonchev–Trinajstić information content (AvgIpc) is 2.81. The molecule has 1 saturated carbocycles. The van der Waals surface area contributed by atoms with E-state index in [9.17, 15) is 13.5 Å². The van der Waals surface area contributed by atoms with Gasteiger partial charge in [-0.25, -0.2) is 13.1 Å². The van der Waals surface area contributed by atoms with Crippen LogP contribution in [0.4, 0.5) is 5.69 Å². The Bertz CT molecular complexity index is 795. The number of hydrogen-bond donors (Lipinski definition) is 4. The molecule has 2 aromatic rings. The first-order valence-electron chi connectivity index (χ1n) is 6.79. The highest BCUT2D eigenvalue weighted by Gasteiger charge is 2.49. The Morgan fingerprint density at radius 2 is 2.14 bits per heavy atom. The fourth-order valence-electron chi connectivity index (χ4n) is 2.69. The van der Waals surface area contributed by atoms with E-state index in [1.807, 2.05) is 13.8 Å². The number of fused-ring (bicyclic) bond motifs is 1. The van der Waals surface area contributed by atoms with Gasteiger partial charge in [-0.15, -0.1) is 0 Å². The van der Waals surface area contributed by atoms with E-state index < -0.39 is 21.5 Å². The molecule has 0 spiro atoms. The van der Waals surface area contributed by atoms with Crippen LogP contribution in [0.2, 0.25) is 0 Å². The van der Waals surface area contributed by atoms with Crippen LogP contribution in [0, 0.1) is 5.41 Å². The van der Waals surface area contributed by atoms with Crippen molar-refractivity contribution in [2.45, 2.75) is 37.3 Å². The maximum absolute atomic E-state index is 12.5. The zero-order valence-corrected chi connectivity index (χ0v) is 12.7. The van der Waals surface area contributed by atoms with Crippen LogP contribution in [0.15, 0.2) is 29.3 Å². The van der Waals surface area contributed by atoms with Gasteiger partial charge in [-0.3, -0.25) is 0 Å². The molecule has 0 aliphatic heterocycles. The molecule has 7 heteroatoms. The molecular weight excluding hydrogens is 290 g/mol. The molecule has 114 valence electrons. The molecule has 0 amide bonds. The summed E-state index contributed by atoms with van der Waals surface area (Å²) in [4.78, 5) is 3.13. The van der Waals surface area contributed by atoms with E-state index in [1.54, 1.807) is 18.2 Å². The summed E-state index contributed by atoms with van der Waals surface area (Å²) in [6, 6.07) is 4.80. The Kier molecular flexibility index (Phi) is 3.05. The monoisotopic (exact) mass is 309 g/mol. The quantitative estimate of drug-likeness (QED) is 0.639.